The number of nitrogens with two attached hydrogens (primary N) is 2. The second-order valence-electron chi connectivity index (χ2n) is 10.0. The van der Waals surface area contributed by atoms with Crippen LogP contribution in [0.1, 0.15) is 37.3 Å². The number of hydrogen-bond donors (Lipinski definition) is 8. The van der Waals surface area contributed by atoms with Gasteiger partial charge in [-0.15, -0.1) is 0 Å². The highest BCUT2D eigenvalue weighted by molar-refractivity contribution is 5.95. The van der Waals surface area contributed by atoms with E-state index in [2.05, 4.69) is 20.9 Å². The van der Waals surface area contributed by atoms with Crippen molar-refractivity contribution in [2.45, 2.75) is 63.2 Å². The molecule has 12 heteroatoms. The zero-order valence-corrected chi connectivity index (χ0v) is 22.9. The molecule has 2 aromatic carbocycles. The number of carboxylic acid groups (broad SMARTS) is 1. The van der Waals surface area contributed by atoms with Crippen molar-refractivity contribution in [3.05, 3.63) is 65.9 Å². The quantitative estimate of drug-likeness (QED) is 0.122. The Bertz CT molecular complexity index is 1340. The number of rotatable bonds is 15. The Labute approximate surface area is 237 Å². The van der Waals surface area contributed by atoms with Gasteiger partial charge in [-0.25, -0.2) is 4.79 Å². The second-order valence-corrected chi connectivity index (χ2v) is 10.0. The number of benzene rings is 2. The van der Waals surface area contributed by atoms with Crippen molar-refractivity contribution in [2.24, 2.45) is 11.5 Å². The number of fused-ring (bicyclic) bond motifs is 1. The third kappa shape index (κ3) is 9.05. The number of phenolic OH excluding ortho intramolecular Hbond substituents is 1. The van der Waals surface area contributed by atoms with Gasteiger partial charge in [0.1, 0.15) is 23.9 Å². The maximum Gasteiger partial charge on any atom is 0.326 e. The zero-order valence-electron chi connectivity index (χ0n) is 22.9. The average Bonchev–Trinajstić information content (AvgIpc) is 3.35. The fourth-order valence-electron chi connectivity index (χ4n) is 4.40. The zero-order chi connectivity index (χ0) is 29.9. The lowest BCUT2D eigenvalue weighted by atomic mass is 10.0. The van der Waals surface area contributed by atoms with Crippen LogP contribution in [0.5, 0.6) is 5.75 Å². The minimum Gasteiger partial charge on any atom is -0.508 e. The van der Waals surface area contributed by atoms with Crippen LogP contribution < -0.4 is 27.4 Å². The summed E-state index contributed by atoms with van der Waals surface area (Å²) in [7, 11) is 0. The number of aromatic amines is 1. The summed E-state index contributed by atoms with van der Waals surface area (Å²) >= 11 is 0. The van der Waals surface area contributed by atoms with Crippen molar-refractivity contribution in [1.29, 1.82) is 0 Å². The van der Waals surface area contributed by atoms with Gasteiger partial charge in [-0.1, -0.05) is 30.3 Å². The predicted molar refractivity (Wildman–Crippen MR) is 154 cm³/mol. The number of aromatic nitrogens is 1. The summed E-state index contributed by atoms with van der Waals surface area (Å²) in [5.74, 6) is -3.06. The summed E-state index contributed by atoms with van der Waals surface area (Å²) < 4.78 is 0. The van der Waals surface area contributed by atoms with E-state index in [0.717, 1.165) is 16.5 Å². The van der Waals surface area contributed by atoms with Crippen LogP contribution in [0, 0.1) is 0 Å². The summed E-state index contributed by atoms with van der Waals surface area (Å²) in [4.78, 5) is 54.5. The third-order valence-corrected chi connectivity index (χ3v) is 6.72. The topological polar surface area (TPSA) is 213 Å². The minimum absolute atomic E-state index is 0.00797. The van der Waals surface area contributed by atoms with E-state index in [9.17, 15) is 29.4 Å². The number of nitrogens with one attached hydrogen (secondary N) is 4. The van der Waals surface area contributed by atoms with E-state index in [1.807, 2.05) is 24.3 Å². The normalized spacial score (nSPS) is 14.0. The van der Waals surface area contributed by atoms with E-state index in [1.165, 1.54) is 19.1 Å². The standard InChI is InChI=1S/C29H38N6O6/c1-17(31)26(37)34-25(15-19-16-32-22-7-3-2-6-21(19)22)28(39)35-24(14-18-9-11-20(36)12-10-18)27(38)33-23(29(40)41)8-4-5-13-30/h2-3,6-7,9-12,16-17,23-25,32,36H,4-5,8,13-15,30-31H2,1H3,(H,33,38)(H,34,37)(H,35,39)(H,40,41). The SMILES string of the molecule is CC(N)C(=O)NC(Cc1c[nH]c2ccccc12)C(=O)NC(Cc1ccc(O)cc1)C(=O)NC(CCCCN)C(=O)O. The number of aliphatic carboxylic acids is 1. The smallest absolute Gasteiger partial charge is 0.326 e. The predicted octanol–water partition coefficient (Wildman–Crippen LogP) is 0.674. The van der Waals surface area contributed by atoms with Crippen LogP contribution in [0.4, 0.5) is 0 Å². The summed E-state index contributed by atoms with van der Waals surface area (Å²) in [6.45, 7) is 1.89. The van der Waals surface area contributed by atoms with Gasteiger partial charge in [0.25, 0.3) is 0 Å². The molecule has 4 atom stereocenters. The first kappa shape index (κ1) is 31.1. The highest BCUT2D eigenvalue weighted by atomic mass is 16.4. The summed E-state index contributed by atoms with van der Waals surface area (Å²) in [6.07, 6.45) is 3.14. The van der Waals surface area contributed by atoms with Crippen LogP contribution in [0.15, 0.2) is 54.7 Å². The van der Waals surface area contributed by atoms with Gasteiger partial charge in [-0.3, -0.25) is 14.4 Å². The molecule has 3 rings (SSSR count). The Balaban J connectivity index is 1.86. The van der Waals surface area contributed by atoms with Crippen LogP contribution >= 0.6 is 0 Å². The number of carboxylic acids is 1. The van der Waals surface area contributed by atoms with Crippen molar-refractivity contribution >= 4 is 34.6 Å². The number of hydrogen-bond acceptors (Lipinski definition) is 7. The van der Waals surface area contributed by atoms with Gasteiger partial charge in [0, 0.05) is 29.9 Å². The number of amides is 3. The van der Waals surface area contributed by atoms with Gasteiger partial charge >= 0.3 is 5.97 Å². The highest BCUT2D eigenvalue weighted by Gasteiger charge is 2.30. The Kier molecular flexibility index (Phi) is 11.2. The molecule has 3 amide bonds. The molecule has 41 heavy (non-hydrogen) atoms. The fraction of sp³-hybridized carbons (Fsp3) is 0.379. The number of carbonyl (C=O) groups excluding carboxylic acids is 3. The van der Waals surface area contributed by atoms with E-state index in [0.29, 0.717) is 24.9 Å². The fourth-order valence-corrected chi connectivity index (χ4v) is 4.40. The van der Waals surface area contributed by atoms with Crippen LogP contribution in [0.2, 0.25) is 0 Å². The Morgan fingerprint density at radius 1 is 0.854 bits per heavy atom. The van der Waals surface area contributed by atoms with Gasteiger partial charge in [-0.05, 0) is 62.1 Å². The largest absolute Gasteiger partial charge is 0.508 e. The number of unbranched alkanes of at least 4 members (excludes halogenated alkanes) is 1. The van der Waals surface area contributed by atoms with E-state index in [1.54, 1.807) is 18.3 Å². The Morgan fingerprint density at radius 3 is 2.10 bits per heavy atom. The van der Waals surface area contributed by atoms with Crippen LogP contribution in [0.25, 0.3) is 10.9 Å². The van der Waals surface area contributed by atoms with Gasteiger partial charge in [0.15, 0.2) is 0 Å². The third-order valence-electron chi connectivity index (χ3n) is 6.72. The molecule has 1 heterocycles. The van der Waals surface area contributed by atoms with Gasteiger partial charge in [0.05, 0.1) is 6.04 Å². The first-order valence-electron chi connectivity index (χ1n) is 13.5. The molecule has 0 spiro atoms. The van der Waals surface area contributed by atoms with Crippen LogP contribution in [-0.4, -0.2) is 69.6 Å². The van der Waals surface area contributed by atoms with Crippen molar-refractivity contribution < 1.29 is 29.4 Å². The lowest BCUT2D eigenvalue weighted by Crippen LogP contribution is -2.58. The lowest BCUT2D eigenvalue weighted by molar-refractivity contribution is -0.142. The average molecular weight is 567 g/mol. The summed E-state index contributed by atoms with van der Waals surface area (Å²) in [5.41, 5.74) is 13.5. The molecule has 4 unspecified atom stereocenters. The summed E-state index contributed by atoms with van der Waals surface area (Å²) in [6, 6.07) is 9.28. The molecule has 0 aliphatic heterocycles. The molecule has 12 nitrogen and oxygen atoms in total. The number of H-pyrrole nitrogens is 1. The number of carbonyl (C=O) groups is 4. The van der Waals surface area contributed by atoms with Crippen LogP contribution in [-0.2, 0) is 32.0 Å². The molecule has 0 bridgehead atoms. The maximum atomic E-state index is 13.6. The van der Waals surface area contributed by atoms with E-state index >= 15 is 0 Å². The molecule has 0 saturated heterocycles. The number of para-hydroxylation sites is 1. The van der Waals surface area contributed by atoms with E-state index in [4.69, 9.17) is 11.5 Å². The van der Waals surface area contributed by atoms with E-state index < -0.39 is 47.9 Å². The van der Waals surface area contributed by atoms with Crippen molar-refractivity contribution in [1.82, 2.24) is 20.9 Å². The molecule has 1 aromatic heterocycles. The number of aromatic hydroxyl groups is 1. The molecule has 220 valence electrons. The van der Waals surface area contributed by atoms with Gasteiger partial charge in [-0.2, -0.15) is 0 Å². The van der Waals surface area contributed by atoms with Crippen LogP contribution in [0.3, 0.4) is 0 Å². The molecule has 0 fully saturated rings. The maximum absolute atomic E-state index is 13.6. The molecule has 0 aliphatic rings. The summed E-state index contributed by atoms with van der Waals surface area (Å²) in [5, 5.41) is 28.1. The Hall–Kier alpha value is -4.42. The first-order chi connectivity index (χ1) is 19.6. The molecular weight excluding hydrogens is 528 g/mol. The molecule has 3 aromatic rings. The molecular formula is C29H38N6O6. The van der Waals surface area contributed by atoms with Crippen molar-refractivity contribution in [3.63, 3.8) is 0 Å². The lowest BCUT2D eigenvalue weighted by Gasteiger charge is -2.25. The van der Waals surface area contributed by atoms with Crippen molar-refractivity contribution in [2.75, 3.05) is 6.54 Å². The minimum atomic E-state index is -1.20. The second kappa shape index (κ2) is 14.8. The van der Waals surface area contributed by atoms with E-state index in [-0.39, 0.29) is 25.0 Å². The molecule has 10 N–H and O–H groups in total. The van der Waals surface area contributed by atoms with Crippen molar-refractivity contribution in [3.8, 4) is 5.75 Å². The molecule has 0 saturated carbocycles. The molecule has 0 radical (unpaired) electrons. The highest BCUT2D eigenvalue weighted by Crippen LogP contribution is 2.19. The van der Waals surface area contributed by atoms with Gasteiger partial charge < -0.3 is 42.6 Å². The molecule has 0 aliphatic carbocycles. The monoisotopic (exact) mass is 566 g/mol. The Morgan fingerprint density at radius 2 is 1.46 bits per heavy atom. The van der Waals surface area contributed by atoms with Gasteiger partial charge in [0.2, 0.25) is 17.7 Å². The number of phenols is 1. The first-order valence-corrected chi connectivity index (χ1v) is 13.5.